The maximum absolute atomic E-state index is 4.18. The van der Waals surface area contributed by atoms with Gasteiger partial charge in [-0.15, -0.1) is 11.8 Å². The van der Waals surface area contributed by atoms with Crippen LogP contribution < -0.4 is 5.32 Å². The van der Waals surface area contributed by atoms with Crippen LogP contribution in [0.3, 0.4) is 0 Å². The molecule has 1 N–H and O–H groups in total. The summed E-state index contributed by atoms with van der Waals surface area (Å²) in [5, 5.41) is 7.73. The molecule has 0 amide bonds. The highest BCUT2D eigenvalue weighted by Crippen LogP contribution is 2.21. The molecule has 0 aliphatic rings. The van der Waals surface area contributed by atoms with Crippen LogP contribution in [0.25, 0.3) is 0 Å². The van der Waals surface area contributed by atoms with Crippen LogP contribution in [0.5, 0.6) is 0 Å². The maximum atomic E-state index is 4.18. The number of nitrogens with zero attached hydrogens (tertiary/aromatic N) is 2. The molecule has 1 aromatic carbocycles. The first-order valence-electron chi connectivity index (χ1n) is 6.53. The second-order valence-electron chi connectivity index (χ2n) is 4.74. The van der Waals surface area contributed by atoms with E-state index in [9.17, 15) is 0 Å². The van der Waals surface area contributed by atoms with Crippen LogP contribution in [0.4, 0.5) is 0 Å². The Hall–Kier alpha value is -1.26. The largest absolute Gasteiger partial charge is 0.308 e. The van der Waals surface area contributed by atoms with Crippen LogP contribution in [-0.2, 0) is 20.0 Å². The lowest BCUT2D eigenvalue weighted by Crippen LogP contribution is -2.28. The van der Waals surface area contributed by atoms with Crippen LogP contribution in [0.2, 0.25) is 0 Å². The van der Waals surface area contributed by atoms with E-state index in [1.54, 1.807) is 0 Å². The second-order valence-corrected chi connectivity index (χ2v) is 5.59. The average Bonchev–Trinajstić information content (AvgIpc) is 2.82. The van der Waals surface area contributed by atoms with Gasteiger partial charge in [0, 0.05) is 30.7 Å². The van der Waals surface area contributed by atoms with Crippen LogP contribution in [0.15, 0.2) is 41.4 Å². The Kier molecular flexibility index (Phi) is 5.05. The monoisotopic (exact) mass is 275 g/mol. The Labute approximate surface area is 119 Å². The molecule has 0 fully saturated rings. The van der Waals surface area contributed by atoms with Crippen molar-refractivity contribution in [3.63, 3.8) is 0 Å². The van der Waals surface area contributed by atoms with Crippen molar-refractivity contribution in [2.75, 3.05) is 6.26 Å². The van der Waals surface area contributed by atoms with E-state index in [4.69, 9.17) is 0 Å². The molecule has 0 saturated heterocycles. The third-order valence-electron chi connectivity index (χ3n) is 3.27. The first-order chi connectivity index (χ1) is 9.20. The minimum absolute atomic E-state index is 0.447. The molecule has 0 bridgehead atoms. The van der Waals surface area contributed by atoms with Crippen molar-refractivity contribution < 1.29 is 0 Å². The van der Waals surface area contributed by atoms with E-state index in [0.717, 1.165) is 13.0 Å². The van der Waals surface area contributed by atoms with E-state index in [1.165, 1.54) is 16.2 Å². The highest BCUT2D eigenvalue weighted by Gasteiger charge is 2.07. The van der Waals surface area contributed by atoms with Crippen molar-refractivity contribution in [1.29, 1.82) is 0 Å². The van der Waals surface area contributed by atoms with Gasteiger partial charge in [0.2, 0.25) is 0 Å². The summed E-state index contributed by atoms with van der Waals surface area (Å²) in [7, 11) is 1.98. The summed E-state index contributed by atoms with van der Waals surface area (Å²) in [6.07, 6.45) is 5.02. The van der Waals surface area contributed by atoms with Crippen LogP contribution >= 0.6 is 11.8 Å². The Bertz CT molecular complexity index is 522. The third-order valence-corrected chi connectivity index (χ3v) is 4.11. The fourth-order valence-electron chi connectivity index (χ4n) is 2.13. The molecular weight excluding hydrogens is 254 g/mol. The minimum Gasteiger partial charge on any atom is -0.308 e. The van der Waals surface area contributed by atoms with Crippen LogP contribution in [0.1, 0.15) is 18.2 Å². The number of aromatic nitrogens is 2. The predicted octanol–water partition coefficient (Wildman–Crippen LogP) is 2.86. The lowest BCUT2D eigenvalue weighted by atomic mass is 10.1. The van der Waals surface area contributed by atoms with Gasteiger partial charge in [0.25, 0.3) is 0 Å². The highest BCUT2D eigenvalue weighted by molar-refractivity contribution is 7.98. The van der Waals surface area contributed by atoms with Gasteiger partial charge < -0.3 is 5.32 Å². The second kappa shape index (κ2) is 6.78. The normalized spacial score (nSPS) is 12.6. The zero-order valence-electron chi connectivity index (χ0n) is 11.8. The Balaban J connectivity index is 1.90. The molecule has 0 radical (unpaired) electrons. The smallest absolute Gasteiger partial charge is 0.0518 e. The van der Waals surface area contributed by atoms with Gasteiger partial charge in [0.15, 0.2) is 0 Å². The number of hydrogen-bond donors (Lipinski definition) is 1. The van der Waals surface area contributed by atoms with Crippen molar-refractivity contribution in [1.82, 2.24) is 15.1 Å². The molecule has 0 saturated carbocycles. The van der Waals surface area contributed by atoms with Crippen LogP contribution in [0, 0.1) is 0 Å². The molecule has 0 spiro atoms. The van der Waals surface area contributed by atoms with Gasteiger partial charge in [-0.3, -0.25) is 4.68 Å². The maximum Gasteiger partial charge on any atom is 0.0518 e. The third kappa shape index (κ3) is 3.85. The summed E-state index contributed by atoms with van der Waals surface area (Å²) in [4.78, 5) is 1.37. The number of benzene rings is 1. The van der Waals surface area contributed by atoms with E-state index in [2.05, 4.69) is 53.9 Å². The van der Waals surface area contributed by atoms with E-state index >= 15 is 0 Å². The molecule has 4 heteroatoms. The summed E-state index contributed by atoms with van der Waals surface area (Å²) in [5.41, 5.74) is 2.63. The molecule has 0 unspecified atom stereocenters. The number of rotatable bonds is 6. The number of thioether (sulfide) groups is 1. The van der Waals surface area contributed by atoms with Gasteiger partial charge in [-0.25, -0.2) is 0 Å². The lowest BCUT2D eigenvalue weighted by molar-refractivity contribution is 0.523. The topological polar surface area (TPSA) is 29.9 Å². The van der Waals surface area contributed by atoms with Crippen molar-refractivity contribution in [2.45, 2.75) is 30.8 Å². The minimum atomic E-state index is 0.447. The molecule has 102 valence electrons. The summed E-state index contributed by atoms with van der Waals surface area (Å²) in [6, 6.07) is 11.1. The van der Waals surface area contributed by atoms with Gasteiger partial charge in [0.1, 0.15) is 0 Å². The van der Waals surface area contributed by atoms with Crippen molar-refractivity contribution in [3.8, 4) is 0 Å². The summed E-state index contributed by atoms with van der Waals surface area (Å²) in [6.45, 7) is 3.09. The first-order valence-corrected chi connectivity index (χ1v) is 7.75. The van der Waals surface area contributed by atoms with Gasteiger partial charge in [-0.2, -0.15) is 5.10 Å². The molecule has 19 heavy (non-hydrogen) atoms. The predicted molar refractivity (Wildman–Crippen MR) is 81.4 cm³/mol. The zero-order chi connectivity index (χ0) is 13.7. The summed E-state index contributed by atoms with van der Waals surface area (Å²) < 4.78 is 1.91. The molecule has 1 aromatic heterocycles. The number of nitrogens with one attached hydrogen (secondary N) is 1. The molecule has 1 atom stereocenters. The van der Waals surface area contributed by atoms with E-state index in [0.29, 0.717) is 6.04 Å². The summed E-state index contributed by atoms with van der Waals surface area (Å²) >= 11 is 1.81. The fourth-order valence-corrected chi connectivity index (χ4v) is 2.76. The van der Waals surface area contributed by atoms with Crippen molar-refractivity contribution in [3.05, 3.63) is 47.8 Å². The van der Waals surface area contributed by atoms with Gasteiger partial charge in [-0.1, -0.05) is 18.2 Å². The van der Waals surface area contributed by atoms with E-state index in [1.807, 2.05) is 29.7 Å². The van der Waals surface area contributed by atoms with Gasteiger partial charge >= 0.3 is 0 Å². The van der Waals surface area contributed by atoms with E-state index < -0.39 is 0 Å². The SMILES string of the molecule is CSc1ccccc1C[C@@H](C)NCc1ccnn1C. The molecular formula is C15H21N3S. The number of aryl methyl sites for hydroxylation is 1. The zero-order valence-corrected chi connectivity index (χ0v) is 12.6. The van der Waals surface area contributed by atoms with E-state index in [-0.39, 0.29) is 0 Å². The first kappa shape index (κ1) is 14.2. The Morgan fingerprint density at radius 3 is 2.79 bits per heavy atom. The highest BCUT2D eigenvalue weighted by atomic mass is 32.2. The summed E-state index contributed by atoms with van der Waals surface area (Å²) in [5.74, 6) is 0. The molecule has 2 rings (SSSR count). The number of hydrogen-bond acceptors (Lipinski definition) is 3. The lowest BCUT2D eigenvalue weighted by Gasteiger charge is -2.15. The van der Waals surface area contributed by atoms with Gasteiger partial charge in [-0.05, 0) is 37.3 Å². The molecule has 1 heterocycles. The molecule has 3 nitrogen and oxygen atoms in total. The quantitative estimate of drug-likeness (QED) is 0.822. The Morgan fingerprint density at radius 1 is 1.32 bits per heavy atom. The van der Waals surface area contributed by atoms with Crippen molar-refractivity contribution in [2.24, 2.45) is 7.05 Å². The molecule has 0 aliphatic carbocycles. The average molecular weight is 275 g/mol. The molecule has 2 aromatic rings. The van der Waals surface area contributed by atoms with Gasteiger partial charge in [0.05, 0.1) is 5.69 Å². The van der Waals surface area contributed by atoms with Crippen LogP contribution in [-0.4, -0.2) is 22.1 Å². The fraction of sp³-hybridized carbons (Fsp3) is 0.400. The van der Waals surface area contributed by atoms with Crippen molar-refractivity contribution >= 4 is 11.8 Å². The standard InChI is InChI=1S/C15H21N3S/c1-12(16-11-14-8-9-17-18(14)2)10-13-6-4-5-7-15(13)19-3/h4-9,12,16H,10-11H2,1-3H3/t12-/m1/s1. The molecule has 0 aliphatic heterocycles. The Morgan fingerprint density at radius 2 is 2.11 bits per heavy atom.